The lowest BCUT2D eigenvalue weighted by Crippen LogP contribution is -2.55. The van der Waals surface area contributed by atoms with Crippen molar-refractivity contribution in [3.63, 3.8) is 0 Å². The summed E-state index contributed by atoms with van der Waals surface area (Å²) in [4.78, 5) is 29.0. The summed E-state index contributed by atoms with van der Waals surface area (Å²) in [5.74, 6) is 0.799. The molecule has 1 unspecified atom stereocenters. The molecule has 2 aliphatic rings. The highest BCUT2D eigenvalue weighted by Gasteiger charge is 2.49. The number of ether oxygens (including phenoxy) is 2. The Hall–Kier alpha value is -2.68. The van der Waals surface area contributed by atoms with Crippen LogP contribution in [0.25, 0.3) is 10.9 Å². The monoisotopic (exact) mass is 551 g/mol. The number of nitrogens with zero attached hydrogens (tertiary/aromatic N) is 2. The number of benzene rings is 2. The molecule has 0 spiro atoms. The zero-order chi connectivity index (χ0) is 25.7. The van der Waals surface area contributed by atoms with E-state index in [1.165, 1.54) is 6.07 Å². The second-order valence-electron chi connectivity index (χ2n) is 9.40. The summed E-state index contributed by atoms with van der Waals surface area (Å²) in [6.07, 6.45) is 1.52. The number of hydrogen-bond acceptors (Lipinski definition) is 5. The van der Waals surface area contributed by atoms with Gasteiger partial charge in [-0.3, -0.25) is 10.1 Å². The van der Waals surface area contributed by atoms with Crippen molar-refractivity contribution >= 4 is 57.5 Å². The summed E-state index contributed by atoms with van der Waals surface area (Å²) >= 11 is 17.3. The third-order valence-electron chi connectivity index (χ3n) is 7.44. The molecule has 1 aliphatic carbocycles. The van der Waals surface area contributed by atoms with Gasteiger partial charge < -0.3 is 19.4 Å². The van der Waals surface area contributed by atoms with Gasteiger partial charge in [-0.2, -0.15) is 0 Å². The molecule has 2 aromatic carbocycles. The van der Waals surface area contributed by atoms with Crippen molar-refractivity contribution in [3.05, 3.63) is 69.4 Å². The van der Waals surface area contributed by atoms with Crippen molar-refractivity contribution in [2.45, 2.75) is 28.5 Å². The third kappa shape index (κ3) is 4.58. The molecular weight excluding hydrogens is 529 g/mol. The minimum Gasteiger partial charge on any atom is -0.497 e. The Morgan fingerprint density at radius 3 is 2.81 bits per heavy atom. The summed E-state index contributed by atoms with van der Waals surface area (Å²) in [6, 6.07) is 12.9. The van der Waals surface area contributed by atoms with Crippen LogP contribution in [0.15, 0.2) is 42.5 Å². The third-order valence-corrected chi connectivity index (χ3v) is 7.77. The lowest BCUT2D eigenvalue weighted by molar-refractivity contribution is -0.384. The van der Waals surface area contributed by atoms with Crippen LogP contribution in [0, 0.1) is 16.0 Å². The van der Waals surface area contributed by atoms with Gasteiger partial charge in [-0.25, -0.2) is 4.79 Å². The summed E-state index contributed by atoms with van der Waals surface area (Å²) in [6.45, 7) is 0.583. The molecule has 1 amide bonds. The first-order chi connectivity index (χ1) is 17.1. The van der Waals surface area contributed by atoms with Crippen LogP contribution in [0.1, 0.15) is 23.2 Å². The first-order valence-electron chi connectivity index (χ1n) is 11.5. The molecular formula is C25H24Cl3N3O5. The number of piperidine rings is 1. The highest BCUT2D eigenvalue weighted by Crippen LogP contribution is 2.50. The predicted octanol–water partition coefficient (Wildman–Crippen LogP) is 5.95. The van der Waals surface area contributed by atoms with Gasteiger partial charge in [0.1, 0.15) is 12.4 Å². The number of nitro groups is 1. The normalized spacial score (nSPS) is 21.6. The van der Waals surface area contributed by atoms with Crippen molar-refractivity contribution in [2.75, 3.05) is 26.8 Å². The van der Waals surface area contributed by atoms with Crippen molar-refractivity contribution in [3.8, 4) is 5.75 Å². The summed E-state index contributed by atoms with van der Waals surface area (Å²) in [5, 5.41) is 12.2. The number of carbonyl (C=O) groups is 1. The highest BCUT2D eigenvalue weighted by molar-refractivity contribution is 6.67. The SMILES string of the molecule is COc1cccc([C@]23CCN(C(=O)OCC(Cl)(Cl)Cl)CC2Cc2c([nH]c4ccc([N+](=O)[O-])cc24)C3)c1. The van der Waals surface area contributed by atoms with E-state index in [0.717, 1.165) is 33.5 Å². The Morgan fingerprint density at radius 1 is 1.28 bits per heavy atom. The van der Waals surface area contributed by atoms with Crippen LogP contribution in [0.3, 0.4) is 0 Å². The minimum absolute atomic E-state index is 0.0319. The molecule has 5 rings (SSSR count). The number of halogens is 3. The van der Waals surface area contributed by atoms with Crippen molar-refractivity contribution in [1.29, 1.82) is 0 Å². The number of H-pyrrole nitrogens is 1. The molecule has 2 atom stereocenters. The summed E-state index contributed by atoms with van der Waals surface area (Å²) < 4.78 is 9.08. The molecule has 190 valence electrons. The zero-order valence-electron chi connectivity index (χ0n) is 19.4. The molecule has 2 heterocycles. The maximum absolute atomic E-state index is 12.8. The molecule has 1 N–H and O–H groups in total. The van der Waals surface area contributed by atoms with E-state index in [2.05, 4.69) is 17.1 Å². The number of likely N-dealkylation sites (tertiary alicyclic amines) is 1. The standard InChI is InChI=1S/C25H24Cl3N3O5/c1-35-18-4-2-3-15(9-18)24-7-8-30(23(32)36-14-25(26,27)28)13-16(24)10-19-20-11-17(31(33)34)5-6-21(20)29-22(19)12-24/h2-6,9,11,16,29H,7-8,10,12-14H2,1H3/t16?,24-/m1/s1. The van der Waals surface area contributed by atoms with E-state index in [9.17, 15) is 14.9 Å². The molecule has 1 fully saturated rings. The number of non-ortho nitro benzene ring substituents is 1. The summed E-state index contributed by atoms with van der Waals surface area (Å²) in [7, 11) is 1.64. The first-order valence-corrected chi connectivity index (χ1v) is 12.6. The molecule has 36 heavy (non-hydrogen) atoms. The predicted molar refractivity (Wildman–Crippen MR) is 138 cm³/mol. The second kappa shape index (κ2) is 9.32. The van der Waals surface area contributed by atoms with Crippen LogP contribution in [0.4, 0.5) is 10.5 Å². The van der Waals surface area contributed by atoms with Crippen LogP contribution < -0.4 is 4.74 Å². The van der Waals surface area contributed by atoms with E-state index in [1.54, 1.807) is 24.1 Å². The number of aromatic amines is 1. The summed E-state index contributed by atoms with van der Waals surface area (Å²) in [5.41, 5.74) is 3.90. The molecule has 1 aliphatic heterocycles. The Balaban J connectivity index is 1.54. The molecule has 0 bridgehead atoms. The first kappa shape index (κ1) is 25.0. The fraction of sp³-hybridized carbons (Fsp3) is 0.400. The Morgan fingerprint density at radius 2 is 2.08 bits per heavy atom. The van der Waals surface area contributed by atoms with Crippen LogP contribution in [0.5, 0.6) is 5.75 Å². The van der Waals surface area contributed by atoms with Gasteiger partial charge in [-0.05, 0) is 54.5 Å². The average Bonchev–Trinajstić information content (AvgIpc) is 3.21. The quantitative estimate of drug-likeness (QED) is 0.245. The molecule has 1 saturated heterocycles. The van der Waals surface area contributed by atoms with Gasteiger partial charge in [-0.15, -0.1) is 0 Å². The van der Waals surface area contributed by atoms with Crippen LogP contribution in [-0.4, -0.2) is 51.5 Å². The van der Waals surface area contributed by atoms with E-state index < -0.39 is 9.89 Å². The van der Waals surface area contributed by atoms with Crippen molar-refractivity contribution < 1.29 is 19.2 Å². The zero-order valence-corrected chi connectivity index (χ0v) is 21.7. The Bertz CT molecular complexity index is 1340. The van der Waals surface area contributed by atoms with Crippen molar-refractivity contribution in [2.24, 2.45) is 5.92 Å². The number of fused-ring (bicyclic) bond motifs is 4. The number of amides is 1. The number of carbonyl (C=O) groups excluding carboxylic acids is 1. The number of aromatic nitrogens is 1. The number of hydrogen-bond donors (Lipinski definition) is 1. The number of alkyl halides is 3. The lowest BCUT2D eigenvalue weighted by Gasteiger charge is -2.50. The topological polar surface area (TPSA) is 97.7 Å². The number of methoxy groups -OCH3 is 1. The van der Waals surface area contributed by atoms with Crippen LogP contribution in [-0.2, 0) is 23.0 Å². The molecule has 8 nitrogen and oxygen atoms in total. The van der Waals surface area contributed by atoms with Gasteiger partial charge >= 0.3 is 6.09 Å². The van der Waals surface area contributed by atoms with Crippen LogP contribution in [0.2, 0.25) is 0 Å². The highest BCUT2D eigenvalue weighted by atomic mass is 35.6. The van der Waals surface area contributed by atoms with E-state index in [-0.39, 0.29) is 28.6 Å². The van der Waals surface area contributed by atoms with Gasteiger partial charge in [0.15, 0.2) is 0 Å². The molecule has 0 saturated carbocycles. The van der Waals surface area contributed by atoms with E-state index in [4.69, 9.17) is 44.3 Å². The molecule has 3 aromatic rings. The largest absolute Gasteiger partial charge is 0.497 e. The van der Waals surface area contributed by atoms with Gasteiger partial charge in [-0.1, -0.05) is 46.9 Å². The molecule has 11 heteroatoms. The number of nitrogens with one attached hydrogen (secondary N) is 1. The fourth-order valence-electron chi connectivity index (χ4n) is 5.73. The minimum atomic E-state index is -1.69. The number of rotatable bonds is 4. The molecule has 1 aromatic heterocycles. The van der Waals surface area contributed by atoms with Gasteiger partial charge in [0.25, 0.3) is 5.69 Å². The van der Waals surface area contributed by atoms with Crippen molar-refractivity contribution in [1.82, 2.24) is 9.88 Å². The fourth-order valence-corrected chi connectivity index (χ4v) is 5.89. The smallest absolute Gasteiger partial charge is 0.409 e. The maximum Gasteiger partial charge on any atom is 0.409 e. The van der Waals surface area contributed by atoms with Gasteiger partial charge in [0.2, 0.25) is 3.79 Å². The van der Waals surface area contributed by atoms with Gasteiger partial charge in [0, 0.05) is 47.2 Å². The Labute approximate surface area is 222 Å². The van der Waals surface area contributed by atoms with E-state index >= 15 is 0 Å². The molecule has 0 radical (unpaired) electrons. The Kier molecular flexibility index (Phi) is 6.47. The lowest BCUT2D eigenvalue weighted by atomic mass is 9.59. The average molecular weight is 553 g/mol. The van der Waals surface area contributed by atoms with E-state index in [0.29, 0.717) is 32.4 Å². The number of nitro benzene ring substituents is 1. The maximum atomic E-state index is 12.8. The van der Waals surface area contributed by atoms with Crippen LogP contribution >= 0.6 is 34.8 Å². The van der Waals surface area contributed by atoms with Gasteiger partial charge in [0.05, 0.1) is 12.0 Å². The second-order valence-corrected chi connectivity index (χ2v) is 11.9. The van der Waals surface area contributed by atoms with E-state index in [1.807, 2.05) is 12.1 Å².